The summed E-state index contributed by atoms with van der Waals surface area (Å²) in [6, 6.07) is 0. The van der Waals surface area contributed by atoms with Crippen molar-refractivity contribution in [2.75, 3.05) is 39.6 Å². The topological polar surface area (TPSA) is 237 Å². The number of hydrogen-bond acceptors (Lipinski definition) is 15. The van der Waals surface area contributed by atoms with Gasteiger partial charge in [0.2, 0.25) is 0 Å². The fourth-order valence-electron chi connectivity index (χ4n) is 10.1. The predicted molar refractivity (Wildman–Crippen MR) is 345 cm³/mol. The molecule has 0 aromatic carbocycles. The normalized spacial score (nSPS) is 14.2. The third-order valence-electron chi connectivity index (χ3n) is 15.5. The van der Waals surface area contributed by atoms with E-state index < -0.39 is 97.5 Å². The number of esters is 4. The zero-order valence-corrected chi connectivity index (χ0v) is 57.4. The zero-order valence-electron chi connectivity index (χ0n) is 55.6. The van der Waals surface area contributed by atoms with E-state index in [1.165, 1.54) is 148 Å². The summed E-state index contributed by atoms with van der Waals surface area (Å²) in [4.78, 5) is 72.2. The van der Waals surface area contributed by atoms with Crippen LogP contribution in [0, 0.1) is 11.8 Å². The highest BCUT2D eigenvalue weighted by atomic mass is 31.2. The standard InChI is InChI=1S/C67H130O17P2/c1-7-9-11-13-14-15-16-17-18-19-20-28-33-39-45-51-67(72)84-63(56-78-65(70)50-44-38-32-27-23-21-25-30-36-41-47-59(3)4)58-82-86(75,76)80-54-61(68)53-79-85(73,74)81-57-62(55-77-64(69)49-43-35-12-10-8-2)83-66(71)52-46-40-34-29-24-22-26-31-37-42-48-60(5)6/h59-63,68H,7-58H2,1-6H3,(H,73,74)(H,75,76)/t61-,62+,63+/m0/s1. The summed E-state index contributed by atoms with van der Waals surface area (Å²) in [5.74, 6) is -0.627. The highest BCUT2D eigenvalue weighted by Gasteiger charge is 2.30. The van der Waals surface area contributed by atoms with Crippen LogP contribution < -0.4 is 0 Å². The number of ether oxygens (including phenoxy) is 4. The molecule has 0 saturated carbocycles. The van der Waals surface area contributed by atoms with E-state index in [-0.39, 0.29) is 25.7 Å². The minimum Gasteiger partial charge on any atom is -0.462 e. The highest BCUT2D eigenvalue weighted by molar-refractivity contribution is 7.47. The van der Waals surface area contributed by atoms with E-state index in [1.807, 2.05) is 0 Å². The molecule has 0 heterocycles. The van der Waals surface area contributed by atoms with Crippen molar-refractivity contribution in [3.8, 4) is 0 Å². The minimum absolute atomic E-state index is 0.105. The van der Waals surface area contributed by atoms with Gasteiger partial charge in [-0.25, -0.2) is 9.13 Å². The Morgan fingerprint density at radius 1 is 0.314 bits per heavy atom. The van der Waals surface area contributed by atoms with Crippen LogP contribution in [0.4, 0.5) is 0 Å². The maximum Gasteiger partial charge on any atom is 0.472 e. The van der Waals surface area contributed by atoms with Crippen molar-refractivity contribution in [2.45, 2.75) is 355 Å². The van der Waals surface area contributed by atoms with Gasteiger partial charge in [-0.3, -0.25) is 37.3 Å². The number of aliphatic hydroxyl groups excluding tert-OH is 1. The number of carbonyl (C=O) groups is 4. The van der Waals surface area contributed by atoms with Gasteiger partial charge in [0.15, 0.2) is 12.2 Å². The van der Waals surface area contributed by atoms with Crippen molar-refractivity contribution >= 4 is 39.5 Å². The van der Waals surface area contributed by atoms with E-state index in [0.29, 0.717) is 25.7 Å². The van der Waals surface area contributed by atoms with Crippen LogP contribution in [0.25, 0.3) is 0 Å². The van der Waals surface area contributed by atoms with Crippen LogP contribution in [0.3, 0.4) is 0 Å². The van der Waals surface area contributed by atoms with Crippen molar-refractivity contribution in [3.63, 3.8) is 0 Å². The number of carbonyl (C=O) groups excluding carboxylic acids is 4. The van der Waals surface area contributed by atoms with Crippen molar-refractivity contribution in [1.82, 2.24) is 0 Å². The summed E-state index contributed by atoms with van der Waals surface area (Å²) in [5.41, 5.74) is 0. The molecule has 2 unspecified atom stereocenters. The minimum atomic E-state index is -4.95. The molecule has 86 heavy (non-hydrogen) atoms. The number of phosphoric ester groups is 2. The van der Waals surface area contributed by atoms with Gasteiger partial charge in [0.25, 0.3) is 0 Å². The summed E-state index contributed by atoms with van der Waals surface area (Å²) in [6.45, 7) is 9.42. The van der Waals surface area contributed by atoms with Crippen LogP contribution in [0.1, 0.15) is 337 Å². The Morgan fingerprint density at radius 2 is 0.535 bits per heavy atom. The van der Waals surface area contributed by atoms with Crippen LogP contribution >= 0.6 is 15.6 Å². The van der Waals surface area contributed by atoms with Gasteiger partial charge < -0.3 is 33.8 Å². The Bertz CT molecular complexity index is 1680. The molecular weight excluding hydrogens is 1140 g/mol. The first kappa shape index (κ1) is 84.1. The van der Waals surface area contributed by atoms with E-state index in [1.54, 1.807) is 0 Å². The van der Waals surface area contributed by atoms with Crippen molar-refractivity contribution < 1.29 is 80.2 Å². The Morgan fingerprint density at radius 3 is 0.791 bits per heavy atom. The summed E-state index contributed by atoms with van der Waals surface area (Å²) in [6.07, 6.45) is 43.4. The second-order valence-electron chi connectivity index (χ2n) is 25.2. The van der Waals surface area contributed by atoms with Crippen LogP contribution in [0.15, 0.2) is 0 Å². The number of aliphatic hydroxyl groups is 1. The number of unbranched alkanes of at least 4 members (excludes halogenated alkanes) is 36. The van der Waals surface area contributed by atoms with Gasteiger partial charge in [0.1, 0.15) is 19.3 Å². The first-order chi connectivity index (χ1) is 41.4. The van der Waals surface area contributed by atoms with Gasteiger partial charge in [-0.2, -0.15) is 0 Å². The first-order valence-corrected chi connectivity index (χ1v) is 38.0. The lowest BCUT2D eigenvalue weighted by Gasteiger charge is -2.21. The molecule has 0 spiro atoms. The SMILES string of the molecule is CCCCCCCCCCCCCCCCCC(=O)O[C@H](COC(=O)CCCCCCCCCCCCC(C)C)COP(=O)(O)OC[C@@H](O)COP(=O)(O)OC[C@@H](COC(=O)CCCCCCC)OC(=O)CCCCCCCCCCCCC(C)C. The summed E-state index contributed by atoms with van der Waals surface area (Å²) >= 11 is 0. The third-order valence-corrected chi connectivity index (χ3v) is 17.4. The molecule has 510 valence electrons. The maximum atomic E-state index is 13.0. The molecule has 0 aliphatic rings. The lowest BCUT2D eigenvalue weighted by molar-refractivity contribution is -0.161. The number of phosphoric acid groups is 2. The van der Waals surface area contributed by atoms with Gasteiger partial charge in [0, 0.05) is 25.7 Å². The molecule has 0 aliphatic carbocycles. The van der Waals surface area contributed by atoms with E-state index in [2.05, 4.69) is 41.5 Å². The molecule has 3 N–H and O–H groups in total. The molecule has 0 radical (unpaired) electrons. The molecule has 0 bridgehead atoms. The summed E-state index contributed by atoms with van der Waals surface area (Å²) < 4.78 is 68.0. The number of hydrogen-bond donors (Lipinski definition) is 3. The van der Waals surface area contributed by atoms with Gasteiger partial charge in [0.05, 0.1) is 26.4 Å². The molecule has 5 atom stereocenters. The molecule has 19 heteroatoms. The lowest BCUT2D eigenvalue weighted by Crippen LogP contribution is -2.30. The molecular formula is C67H130O17P2. The summed E-state index contributed by atoms with van der Waals surface area (Å²) in [5, 5.41) is 10.5. The Kier molecular flexibility index (Phi) is 58.0. The zero-order chi connectivity index (χ0) is 63.6. The summed E-state index contributed by atoms with van der Waals surface area (Å²) in [7, 11) is -9.89. The second kappa shape index (κ2) is 59.4. The molecule has 0 aromatic heterocycles. The van der Waals surface area contributed by atoms with E-state index in [4.69, 9.17) is 37.0 Å². The molecule has 0 aliphatic heterocycles. The van der Waals surface area contributed by atoms with Gasteiger partial charge in [-0.15, -0.1) is 0 Å². The van der Waals surface area contributed by atoms with Crippen LogP contribution in [-0.2, 0) is 65.4 Å². The highest BCUT2D eigenvalue weighted by Crippen LogP contribution is 2.45. The van der Waals surface area contributed by atoms with Crippen LogP contribution in [0.2, 0.25) is 0 Å². The number of rotatable bonds is 66. The van der Waals surface area contributed by atoms with Crippen molar-refractivity contribution in [3.05, 3.63) is 0 Å². The predicted octanol–water partition coefficient (Wildman–Crippen LogP) is 18.8. The van der Waals surface area contributed by atoms with E-state index in [0.717, 1.165) is 108 Å². The van der Waals surface area contributed by atoms with E-state index >= 15 is 0 Å². The Labute approximate surface area is 524 Å². The fraction of sp³-hybridized carbons (Fsp3) is 0.940. The Hall–Kier alpha value is -1.94. The van der Waals surface area contributed by atoms with Gasteiger partial charge in [-0.05, 0) is 37.5 Å². The van der Waals surface area contributed by atoms with E-state index in [9.17, 15) is 43.2 Å². The molecule has 0 saturated heterocycles. The molecule has 0 amide bonds. The monoisotopic (exact) mass is 1270 g/mol. The van der Waals surface area contributed by atoms with Crippen molar-refractivity contribution in [1.29, 1.82) is 0 Å². The van der Waals surface area contributed by atoms with Crippen molar-refractivity contribution in [2.24, 2.45) is 11.8 Å². The van der Waals surface area contributed by atoms with Gasteiger partial charge >= 0.3 is 39.5 Å². The average molecular weight is 1270 g/mol. The average Bonchev–Trinajstić information content (AvgIpc) is 3.56. The Balaban J connectivity index is 5.17. The van der Waals surface area contributed by atoms with Crippen LogP contribution in [0.5, 0.6) is 0 Å². The van der Waals surface area contributed by atoms with Gasteiger partial charge in [-0.1, -0.05) is 286 Å². The third kappa shape index (κ3) is 60.9. The largest absolute Gasteiger partial charge is 0.472 e. The quantitative estimate of drug-likeness (QED) is 0.0222. The molecule has 17 nitrogen and oxygen atoms in total. The smallest absolute Gasteiger partial charge is 0.462 e. The molecule has 0 aromatic rings. The fourth-order valence-corrected chi connectivity index (χ4v) is 11.6. The molecule has 0 rings (SSSR count). The second-order valence-corrected chi connectivity index (χ2v) is 28.1. The van der Waals surface area contributed by atoms with Crippen LogP contribution in [-0.4, -0.2) is 96.7 Å². The maximum absolute atomic E-state index is 13.0. The first-order valence-electron chi connectivity index (χ1n) is 35.0. The lowest BCUT2D eigenvalue weighted by atomic mass is 10.0. The molecule has 0 fully saturated rings.